The molecule has 0 bridgehead atoms. The first-order chi connectivity index (χ1) is 10.1. The molecule has 1 rings (SSSR count). The fraction of sp³-hybridized carbons (Fsp3) is 0.357. The summed E-state index contributed by atoms with van der Waals surface area (Å²) in [5.74, 6) is -0.158. The van der Waals surface area contributed by atoms with Gasteiger partial charge in [0.05, 0.1) is 6.42 Å². The Bertz CT molecular complexity index is 479. The van der Waals surface area contributed by atoms with Crippen LogP contribution < -0.4 is 0 Å². The Morgan fingerprint density at radius 2 is 2.05 bits per heavy atom. The second kappa shape index (κ2) is 10.3. The topological polar surface area (TPSA) is 65.5 Å². The number of aromatic nitrogens is 1. The van der Waals surface area contributed by atoms with Crippen molar-refractivity contribution in [1.29, 1.82) is 0 Å². The zero-order valence-electron chi connectivity index (χ0n) is 11.7. The summed E-state index contributed by atoms with van der Waals surface area (Å²) < 4.78 is 9.74. The lowest BCUT2D eigenvalue weighted by Gasteiger charge is -2.06. The predicted molar refractivity (Wildman–Crippen MR) is 83.9 cm³/mol. The lowest BCUT2D eigenvalue weighted by atomic mass is 10.4. The molecule has 0 aliphatic heterocycles. The molecule has 5 nitrogen and oxygen atoms in total. The molecule has 0 aromatic carbocycles. The summed E-state index contributed by atoms with van der Waals surface area (Å²) in [4.78, 5) is 26.6. The SMILES string of the molecule is C=C(C)C(=O)OCCOC(=O)CCSSc1ccccn1. The second-order valence-corrected chi connectivity index (χ2v) is 6.40. The van der Waals surface area contributed by atoms with Gasteiger partial charge >= 0.3 is 11.9 Å². The molecule has 0 aliphatic rings. The Morgan fingerprint density at radius 1 is 1.29 bits per heavy atom. The van der Waals surface area contributed by atoms with E-state index in [4.69, 9.17) is 9.47 Å². The maximum Gasteiger partial charge on any atom is 0.333 e. The molecular weight excluding hydrogens is 310 g/mol. The Morgan fingerprint density at radius 3 is 2.71 bits per heavy atom. The summed E-state index contributed by atoms with van der Waals surface area (Å²) in [6.07, 6.45) is 2.03. The van der Waals surface area contributed by atoms with Gasteiger partial charge in [-0.15, -0.1) is 0 Å². The molecule has 0 saturated carbocycles. The minimum absolute atomic E-state index is 0.0489. The molecule has 1 aromatic rings. The number of hydrogen-bond donors (Lipinski definition) is 0. The fourth-order valence-corrected chi connectivity index (χ4v) is 2.96. The van der Waals surface area contributed by atoms with Crippen LogP contribution in [0.4, 0.5) is 0 Å². The number of hydrogen-bond acceptors (Lipinski definition) is 7. The predicted octanol–water partition coefficient (Wildman–Crippen LogP) is 2.87. The van der Waals surface area contributed by atoms with Crippen molar-refractivity contribution in [1.82, 2.24) is 4.98 Å². The smallest absolute Gasteiger partial charge is 0.333 e. The van der Waals surface area contributed by atoms with Gasteiger partial charge in [-0.25, -0.2) is 9.78 Å². The van der Waals surface area contributed by atoms with Crippen molar-refractivity contribution < 1.29 is 19.1 Å². The van der Waals surface area contributed by atoms with E-state index in [1.165, 1.54) is 21.6 Å². The molecule has 0 radical (unpaired) electrons. The number of nitrogens with zero attached hydrogens (tertiary/aromatic N) is 1. The minimum atomic E-state index is -0.478. The monoisotopic (exact) mass is 327 g/mol. The molecular formula is C14H17NO4S2. The Labute approximate surface area is 131 Å². The first-order valence-corrected chi connectivity index (χ1v) is 8.60. The average molecular weight is 327 g/mol. The molecule has 0 spiro atoms. The van der Waals surface area contributed by atoms with Crippen LogP contribution in [-0.2, 0) is 19.1 Å². The van der Waals surface area contributed by atoms with Crippen LogP contribution in [0.15, 0.2) is 41.6 Å². The number of pyridine rings is 1. The molecule has 114 valence electrons. The molecule has 1 heterocycles. The first-order valence-electron chi connectivity index (χ1n) is 6.28. The second-order valence-electron chi connectivity index (χ2n) is 3.96. The lowest BCUT2D eigenvalue weighted by molar-refractivity contribution is -0.149. The number of carbonyl (C=O) groups excluding carboxylic acids is 2. The van der Waals surface area contributed by atoms with Crippen molar-refractivity contribution in [2.75, 3.05) is 19.0 Å². The van der Waals surface area contributed by atoms with Crippen LogP contribution in [0.2, 0.25) is 0 Å². The van der Waals surface area contributed by atoms with Crippen LogP contribution in [0.5, 0.6) is 0 Å². The largest absolute Gasteiger partial charge is 0.462 e. The molecule has 1 aromatic heterocycles. The van der Waals surface area contributed by atoms with E-state index in [9.17, 15) is 9.59 Å². The van der Waals surface area contributed by atoms with E-state index in [-0.39, 0.29) is 19.2 Å². The highest BCUT2D eigenvalue weighted by molar-refractivity contribution is 8.76. The summed E-state index contributed by atoms with van der Waals surface area (Å²) in [6.45, 7) is 5.13. The molecule has 0 N–H and O–H groups in total. The van der Waals surface area contributed by atoms with Crippen molar-refractivity contribution in [3.63, 3.8) is 0 Å². The first kappa shape index (κ1) is 17.6. The van der Waals surface area contributed by atoms with Gasteiger partial charge < -0.3 is 9.47 Å². The van der Waals surface area contributed by atoms with Gasteiger partial charge in [-0.2, -0.15) is 0 Å². The highest BCUT2D eigenvalue weighted by Gasteiger charge is 2.06. The number of carbonyl (C=O) groups is 2. The van der Waals surface area contributed by atoms with E-state index in [1.54, 1.807) is 13.1 Å². The molecule has 0 saturated heterocycles. The van der Waals surface area contributed by atoms with Crippen molar-refractivity contribution >= 4 is 33.5 Å². The van der Waals surface area contributed by atoms with Gasteiger partial charge in [-0.05, 0) is 29.9 Å². The fourth-order valence-electron chi connectivity index (χ4n) is 1.11. The van der Waals surface area contributed by atoms with Crippen LogP contribution >= 0.6 is 21.6 Å². The normalized spacial score (nSPS) is 9.95. The molecule has 0 atom stereocenters. The highest BCUT2D eigenvalue weighted by atomic mass is 33.1. The van der Waals surface area contributed by atoms with Gasteiger partial charge in [0.2, 0.25) is 0 Å². The molecule has 0 amide bonds. The third-order valence-electron chi connectivity index (χ3n) is 2.10. The Hall–Kier alpha value is -1.47. The van der Waals surface area contributed by atoms with Crippen molar-refractivity contribution in [3.05, 3.63) is 36.5 Å². The molecule has 0 fully saturated rings. The zero-order valence-corrected chi connectivity index (χ0v) is 13.4. The molecule has 7 heteroatoms. The summed E-state index contributed by atoms with van der Waals surface area (Å²) >= 11 is 0. The molecule has 21 heavy (non-hydrogen) atoms. The van der Waals surface area contributed by atoms with Crippen molar-refractivity contribution in [2.24, 2.45) is 0 Å². The standard InChI is InChI=1S/C14H17NO4S2/c1-11(2)14(17)19-9-8-18-13(16)6-10-20-21-12-5-3-4-7-15-12/h3-5,7H,1,6,8-10H2,2H3. The van der Waals surface area contributed by atoms with E-state index in [1.807, 2.05) is 18.2 Å². The van der Waals surface area contributed by atoms with Crippen LogP contribution in [0, 0.1) is 0 Å². The van der Waals surface area contributed by atoms with Gasteiger partial charge in [0, 0.05) is 17.5 Å². The maximum atomic E-state index is 11.4. The minimum Gasteiger partial charge on any atom is -0.462 e. The summed E-state index contributed by atoms with van der Waals surface area (Å²) in [7, 11) is 3.06. The van der Waals surface area contributed by atoms with Gasteiger partial charge in [-0.1, -0.05) is 23.4 Å². The zero-order chi connectivity index (χ0) is 15.5. The quantitative estimate of drug-likeness (QED) is 0.299. The summed E-state index contributed by atoms with van der Waals surface area (Å²) in [5.41, 5.74) is 0.323. The van der Waals surface area contributed by atoms with Gasteiger partial charge in [0.1, 0.15) is 18.2 Å². The molecule has 0 aliphatic carbocycles. The molecule has 0 unspecified atom stereocenters. The van der Waals surface area contributed by atoms with Gasteiger partial charge in [0.15, 0.2) is 0 Å². The third-order valence-corrected chi connectivity index (χ3v) is 4.37. The highest BCUT2D eigenvalue weighted by Crippen LogP contribution is 2.29. The van der Waals surface area contributed by atoms with E-state index in [2.05, 4.69) is 11.6 Å². The number of esters is 2. The summed E-state index contributed by atoms with van der Waals surface area (Å²) in [6, 6.07) is 5.68. The lowest BCUT2D eigenvalue weighted by Crippen LogP contribution is -2.14. The van der Waals surface area contributed by atoms with Crippen molar-refractivity contribution in [2.45, 2.75) is 18.4 Å². The maximum absolute atomic E-state index is 11.4. The number of rotatable bonds is 9. The van der Waals surface area contributed by atoms with E-state index >= 15 is 0 Å². The Balaban J connectivity index is 2.01. The van der Waals surface area contributed by atoms with Crippen LogP contribution in [-0.4, -0.2) is 35.9 Å². The van der Waals surface area contributed by atoms with Crippen molar-refractivity contribution in [3.8, 4) is 0 Å². The van der Waals surface area contributed by atoms with E-state index in [0.717, 1.165) is 5.03 Å². The van der Waals surface area contributed by atoms with Crippen LogP contribution in [0.3, 0.4) is 0 Å². The van der Waals surface area contributed by atoms with Crippen LogP contribution in [0.25, 0.3) is 0 Å². The van der Waals surface area contributed by atoms with Crippen LogP contribution in [0.1, 0.15) is 13.3 Å². The van der Waals surface area contributed by atoms with Gasteiger partial charge in [0.25, 0.3) is 0 Å². The van der Waals surface area contributed by atoms with Gasteiger partial charge in [-0.3, -0.25) is 4.79 Å². The van der Waals surface area contributed by atoms with E-state index in [0.29, 0.717) is 17.7 Å². The summed E-state index contributed by atoms with van der Waals surface area (Å²) in [5, 5.41) is 0.905. The third kappa shape index (κ3) is 8.41. The average Bonchev–Trinajstić information content (AvgIpc) is 2.49. The van der Waals surface area contributed by atoms with E-state index < -0.39 is 5.97 Å². The Kier molecular flexibility index (Phi) is 8.61. The number of ether oxygens (including phenoxy) is 2.